The Hall–Kier alpha value is -3.06. The van der Waals surface area contributed by atoms with Gasteiger partial charge < -0.3 is 14.4 Å². The van der Waals surface area contributed by atoms with Crippen molar-refractivity contribution in [3.8, 4) is 0 Å². The van der Waals surface area contributed by atoms with Crippen LogP contribution in [0.1, 0.15) is 35.8 Å². The van der Waals surface area contributed by atoms with Crippen LogP contribution in [0.2, 0.25) is 0 Å². The van der Waals surface area contributed by atoms with Crippen LogP contribution in [0.25, 0.3) is 21.9 Å². The lowest BCUT2D eigenvalue weighted by atomic mass is 9.91. The molecule has 1 aliphatic rings. The van der Waals surface area contributed by atoms with Gasteiger partial charge in [-0.15, -0.1) is 0 Å². The lowest BCUT2D eigenvalue weighted by Crippen LogP contribution is -2.34. The molecule has 3 heterocycles. The number of halogens is 1. The molecule has 7 heteroatoms. The Balaban J connectivity index is 1.26. The minimum absolute atomic E-state index is 0.0684. The first-order valence-corrected chi connectivity index (χ1v) is 10.3. The van der Waals surface area contributed by atoms with Gasteiger partial charge in [0, 0.05) is 23.9 Å². The standard InChI is InChI=1S/C23H23FN4O2/c1-14-25-19-4-2-3-15(21(19)23(29)26-14)7-10-28-11-8-16(9-12-28)22-18-6-5-17(24)13-20(18)30-27-22/h2-6,13,16H,7-12H2,1H3,(H,25,26,29). The maximum Gasteiger partial charge on any atom is 0.259 e. The number of fused-ring (bicyclic) bond motifs is 2. The first kappa shape index (κ1) is 18.9. The van der Waals surface area contributed by atoms with Gasteiger partial charge in [0.05, 0.1) is 16.6 Å². The minimum Gasteiger partial charge on any atom is -0.356 e. The van der Waals surface area contributed by atoms with E-state index < -0.39 is 0 Å². The number of hydrogen-bond acceptors (Lipinski definition) is 5. The topological polar surface area (TPSA) is 75.0 Å². The van der Waals surface area contributed by atoms with Crippen molar-refractivity contribution in [2.75, 3.05) is 19.6 Å². The Kier molecular flexibility index (Phi) is 4.83. The maximum absolute atomic E-state index is 13.4. The van der Waals surface area contributed by atoms with Gasteiger partial charge in [-0.3, -0.25) is 4.79 Å². The molecule has 6 nitrogen and oxygen atoms in total. The highest BCUT2D eigenvalue weighted by molar-refractivity contribution is 5.81. The maximum atomic E-state index is 13.4. The smallest absolute Gasteiger partial charge is 0.259 e. The molecule has 1 saturated heterocycles. The van der Waals surface area contributed by atoms with E-state index in [1.165, 1.54) is 12.1 Å². The Morgan fingerprint density at radius 3 is 2.90 bits per heavy atom. The van der Waals surface area contributed by atoms with E-state index in [-0.39, 0.29) is 11.4 Å². The number of aryl methyl sites for hydroxylation is 1. The third-order valence-electron chi connectivity index (χ3n) is 6.07. The molecule has 1 aliphatic heterocycles. The van der Waals surface area contributed by atoms with E-state index in [9.17, 15) is 9.18 Å². The van der Waals surface area contributed by atoms with Crippen molar-refractivity contribution in [3.05, 3.63) is 69.7 Å². The van der Waals surface area contributed by atoms with Crippen LogP contribution >= 0.6 is 0 Å². The third kappa shape index (κ3) is 3.50. The molecule has 1 N–H and O–H groups in total. The van der Waals surface area contributed by atoms with Crippen molar-refractivity contribution in [3.63, 3.8) is 0 Å². The average molecular weight is 406 g/mol. The first-order chi connectivity index (χ1) is 14.6. The second kappa shape index (κ2) is 7.65. The molecule has 1 fully saturated rings. The molecule has 2 aromatic heterocycles. The van der Waals surface area contributed by atoms with Gasteiger partial charge in [0.25, 0.3) is 5.56 Å². The fourth-order valence-electron chi connectivity index (χ4n) is 4.52. The second-order valence-corrected chi connectivity index (χ2v) is 8.04. The van der Waals surface area contributed by atoms with E-state index in [2.05, 4.69) is 20.0 Å². The van der Waals surface area contributed by atoms with Gasteiger partial charge in [0.15, 0.2) is 5.58 Å². The van der Waals surface area contributed by atoms with Crippen LogP contribution in [0.15, 0.2) is 45.7 Å². The molecule has 0 spiro atoms. The van der Waals surface area contributed by atoms with Crippen LogP contribution in [0.4, 0.5) is 4.39 Å². The van der Waals surface area contributed by atoms with Crippen molar-refractivity contribution >= 4 is 21.9 Å². The number of piperidine rings is 1. The van der Waals surface area contributed by atoms with Crippen LogP contribution in [0.5, 0.6) is 0 Å². The van der Waals surface area contributed by atoms with E-state index in [1.54, 1.807) is 13.0 Å². The zero-order valence-electron chi connectivity index (χ0n) is 16.8. The SMILES string of the molecule is Cc1nc2cccc(CCN3CCC(c4noc5cc(F)ccc45)CC3)c2c(=O)[nH]1. The summed E-state index contributed by atoms with van der Waals surface area (Å²) >= 11 is 0. The number of likely N-dealkylation sites (tertiary alicyclic amines) is 1. The number of H-pyrrole nitrogens is 1. The molecule has 5 rings (SSSR count). The Morgan fingerprint density at radius 2 is 2.07 bits per heavy atom. The Morgan fingerprint density at radius 1 is 1.23 bits per heavy atom. The van der Waals surface area contributed by atoms with Gasteiger partial charge in [-0.2, -0.15) is 0 Å². The Labute approximate surface area is 172 Å². The first-order valence-electron chi connectivity index (χ1n) is 10.3. The molecule has 2 aromatic carbocycles. The summed E-state index contributed by atoms with van der Waals surface area (Å²) in [5, 5.41) is 5.83. The highest BCUT2D eigenvalue weighted by Gasteiger charge is 2.25. The Bertz CT molecular complexity index is 1270. The van der Waals surface area contributed by atoms with Crippen molar-refractivity contribution in [1.29, 1.82) is 0 Å². The summed E-state index contributed by atoms with van der Waals surface area (Å²) in [6, 6.07) is 10.5. The highest BCUT2D eigenvalue weighted by Crippen LogP contribution is 2.32. The number of benzene rings is 2. The number of hydrogen-bond donors (Lipinski definition) is 1. The number of rotatable bonds is 4. The van der Waals surface area contributed by atoms with E-state index in [4.69, 9.17) is 4.52 Å². The van der Waals surface area contributed by atoms with Crippen LogP contribution in [0.3, 0.4) is 0 Å². The molecular weight excluding hydrogens is 383 g/mol. The molecule has 0 unspecified atom stereocenters. The summed E-state index contributed by atoms with van der Waals surface area (Å²) in [7, 11) is 0. The summed E-state index contributed by atoms with van der Waals surface area (Å²) in [5.41, 5.74) is 3.17. The predicted octanol–water partition coefficient (Wildman–Crippen LogP) is 3.93. The molecule has 0 bridgehead atoms. The van der Waals surface area contributed by atoms with Gasteiger partial charge in [-0.25, -0.2) is 9.37 Å². The van der Waals surface area contributed by atoms with Gasteiger partial charge in [0.2, 0.25) is 0 Å². The highest BCUT2D eigenvalue weighted by atomic mass is 19.1. The molecule has 4 aromatic rings. The van der Waals surface area contributed by atoms with E-state index in [1.807, 2.05) is 18.2 Å². The van der Waals surface area contributed by atoms with Crippen LogP contribution < -0.4 is 5.56 Å². The lowest BCUT2D eigenvalue weighted by molar-refractivity contribution is 0.211. The van der Waals surface area contributed by atoms with Crippen LogP contribution in [0, 0.1) is 12.7 Å². The zero-order valence-corrected chi connectivity index (χ0v) is 16.8. The molecule has 0 atom stereocenters. The van der Waals surface area contributed by atoms with Crippen molar-refractivity contribution < 1.29 is 8.91 Å². The largest absolute Gasteiger partial charge is 0.356 e. The fourth-order valence-corrected chi connectivity index (χ4v) is 4.52. The van der Waals surface area contributed by atoms with Gasteiger partial charge in [-0.05, 0) is 63.0 Å². The van der Waals surface area contributed by atoms with Gasteiger partial charge in [0.1, 0.15) is 11.6 Å². The number of nitrogens with one attached hydrogen (secondary N) is 1. The number of aromatic nitrogens is 3. The van der Waals surface area contributed by atoms with Crippen LogP contribution in [-0.2, 0) is 6.42 Å². The second-order valence-electron chi connectivity index (χ2n) is 8.04. The summed E-state index contributed by atoms with van der Waals surface area (Å²) in [6.45, 7) is 4.60. The lowest BCUT2D eigenvalue weighted by Gasteiger charge is -2.31. The van der Waals surface area contributed by atoms with Crippen LogP contribution in [-0.4, -0.2) is 39.7 Å². The third-order valence-corrected chi connectivity index (χ3v) is 6.07. The fraction of sp³-hybridized carbons (Fsp3) is 0.348. The normalized spacial score (nSPS) is 15.9. The molecule has 0 saturated carbocycles. The van der Waals surface area contributed by atoms with E-state index in [0.29, 0.717) is 22.7 Å². The number of aromatic amines is 1. The van der Waals surface area contributed by atoms with Crippen molar-refractivity contribution in [1.82, 2.24) is 20.0 Å². The molecule has 154 valence electrons. The summed E-state index contributed by atoms with van der Waals surface area (Å²) in [5.74, 6) is 0.646. The predicted molar refractivity (Wildman–Crippen MR) is 113 cm³/mol. The molecule has 30 heavy (non-hydrogen) atoms. The van der Waals surface area contributed by atoms with Crippen molar-refractivity contribution in [2.24, 2.45) is 0 Å². The van der Waals surface area contributed by atoms with E-state index in [0.717, 1.165) is 61.1 Å². The summed E-state index contributed by atoms with van der Waals surface area (Å²) in [4.78, 5) is 22.1. The van der Waals surface area contributed by atoms with E-state index >= 15 is 0 Å². The van der Waals surface area contributed by atoms with Gasteiger partial charge in [-0.1, -0.05) is 17.3 Å². The summed E-state index contributed by atoms with van der Waals surface area (Å²) < 4.78 is 18.7. The summed E-state index contributed by atoms with van der Waals surface area (Å²) in [6.07, 6.45) is 2.77. The monoisotopic (exact) mass is 406 g/mol. The average Bonchev–Trinajstić information content (AvgIpc) is 3.15. The van der Waals surface area contributed by atoms with Crippen molar-refractivity contribution in [2.45, 2.75) is 32.1 Å². The molecular formula is C23H23FN4O2. The quantitative estimate of drug-likeness (QED) is 0.556. The molecule has 0 radical (unpaired) electrons. The molecule has 0 aliphatic carbocycles. The minimum atomic E-state index is -0.308. The zero-order chi connectivity index (χ0) is 20.7. The molecule has 0 amide bonds. The van der Waals surface area contributed by atoms with Gasteiger partial charge >= 0.3 is 0 Å². The number of nitrogens with zero attached hydrogens (tertiary/aromatic N) is 3.